The molecule has 11 rings (SSSR count). The molecule has 1 N–H and O–H groups in total. The lowest BCUT2D eigenvalue weighted by Crippen LogP contribution is -2.34. The molecule has 0 bridgehead atoms. The van der Waals surface area contributed by atoms with Crippen molar-refractivity contribution in [2.75, 3.05) is 38.0 Å². The van der Waals surface area contributed by atoms with E-state index in [0.717, 1.165) is 11.8 Å². The quantitative estimate of drug-likeness (QED) is 0.203. The second-order valence-electron chi connectivity index (χ2n) is 16.1. The Morgan fingerprint density at radius 2 is 1.06 bits per heavy atom. The number of fused-ring (bicyclic) bond motifs is 2. The van der Waals surface area contributed by atoms with Gasteiger partial charge in [0.25, 0.3) is 11.1 Å². The van der Waals surface area contributed by atoms with Gasteiger partial charge in [-0.25, -0.2) is 46.5 Å². The monoisotopic (exact) mass is 905 g/mol. The molecular weight excluding hydrogens is 865 g/mol. The van der Waals surface area contributed by atoms with Crippen LogP contribution in [0, 0.1) is 11.6 Å². The van der Waals surface area contributed by atoms with E-state index in [2.05, 4.69) is 20.3 Å². The molecule has 2 spiro atoms. The fourth-order valence-corrected chi connectivity index (χ4v) is 9.22. The van der Waals surface area contributed by atoms with Crippen LogP contribution in [0.1, 0.15) is 18.5 Å². The van der Waals surface area contributed by atoms with Gasteiger partial charge in [0.1, 0.15) is 11.6 Å². The summed E-state index contributed by atoms with van der Waals surface area (Å²) in [4.78, 5) is 44.1. The largest absolute Gasteiger partial charge is 0.348 e. The Labute approximate surface area is 369 Å². The van der Waals surface area contributed by atoms with Crippen LogP contribution in [0.5, 0.6) is 0 Å². The highest BCUT2D eigenvalue weighted by Gasteiger charge is 2.47. The molecule has 0 amide bonds. The Morgan fingerprint density at radius 3 is 1.54 bits per heavy atom. The predicted octanol–water partition coefficient (Wildman–Crippen LogP) is 4.92. The first kappa shape index (κ1) is 42.3. The van der Waals surface area contributed by atoms with Crippen LogP contribution in [0.25, 0.3) is 45.0 Å². The van der Waals surface area contributed by atoms with Gasteiger partial charge in [-0.2, -0.15) is 0 Å². The third-order valence-corrected chi connectivity index (χ3v) is 12.5. The van der Waals surface area contributed by atoms with Crippen LogP contribution in [0.4, 0.5) is 14.7 Å². The summed E-state index contributed by atoms with van der Waals surface area (Å²) in [6.45, 7) is 4.90. The van der Waals surface area contributed by atoms with E-state index in [1.807, 2.05) is 41.9 Å². The Balaban J connectivity index is 0.000000155. The molecule has 334 valence electrons. The zero-order valence-corrected chi connectivity index (χ0v) is 35.9. The van der Waals surface area contributed by atoms with Gasteiger partial charge in [0.2, 0.25) is 32.5 Å². The maximum absolute atomic E-state index is 13.7. The highest BCUT2D eigenvalue weighted by Crippen LogP contribution is 2.39. The van der Waals surface area contributed by atoms with E-state index in [9.17, 15) is 26.8 Å². The third kappa shape index (κ3) is 7.86. The smallest absolute Gasteiger partial charge is 0.275 e. The van der Waals surface area contributed by atoms with E-state index in [0.29, 0.717) is 78.3 Å². The van der Waals surface area contributed by atoms with Crippen molar-refractivity contribution in [3.8, 4) is 45.0 Å². The minimum absolute atomic E-state index is 0.0194. The number of ether oxygens (including phenoxy) is 4. The number of anilines is 1. The first-order valence-electron chi connectivity index (χ1n) is 20.7. The van der Waals surface area contributed by atoms with E-state index in [-0.39, 0.29) is 53.5 Å². The van der Waals surface area contributed by atoms with Gasteiger partial charge in [-0.1, -0.05) is 54.6 Å². The van der Waals surface area contributed by atoms with Crippen molar-refractivity contribution in [3.05, 3.63) is 141 Å². The average Bonchev–Trinajstić information content (AvgIpc) is 4.18. The molecule has 4 aliphatic heterocycles. The minimum atomic E-state index is -3.66. The van der Waals surface area contributed by atoms with Gasteiger partial charge in [0.05, 0.1) is 92.6 Å². The standard InChI is InChI=1S/C26H24FN5O3.C19H17FN4O5S/c1-17(18-5-3-2-4-6-18)29-25-28-12-11-21(30-25)23-22(19-7-9-20(27)10-8-19)24(33)32-16-26(15-31(23)32)34-13-14-35-26;1-30(26,27)18-21-7-6-14(22-18)16-15(12-2-4-13(20)5-3-12)17(25)24-11-19(10-23(16)24)28-8-9-29-19/h2-12,17H,13-16H2,1H3,(H,28,29,30);2-7H,8-11H2,1H3/t17-;/m0./s1. The van der Waals surface area contributed by atoms with E-state index >= 15 is 0 Å². The number of benzene rings is 3. The number of aromatic nitrogens is 8. The molecule has 8 heterocycles. The number of hydrogen-bond acceptors (Lipinski definition) is 13. The van der Waals surface area contributed by atoms with Crippen LogP contribution in [0.3, 0.4) is 0 Å². The van der Waals surface area contributed by atoms with Crippen LogP contribution in [-0.2, 0) is 55.0 Å². The van der Waals surface area contributed by atoms with Gasteiger partial charge in [0, 0.05) is 18.6 Å². The molecular formula is C45H41F2N9O8S. The Bertz CT molecular complexity index is 3160. The minimum Gasteiger partial charge on any atom is -0.348 e. The highest BCUT2D eigenvalue weighted by atomic mass is 32.2. The number of hydrogen-bond donors (Lipinski definition) is 1. The highest BCUT2D eigenvalue weighted by molar-refractivity contribution is 7.90. The van der Waals surface area contributed by atoms with E-state index < -0.39 is 27.2 Å². The number of halogens is 2. The third-order valence-electron chi connectivity index (χ3n) is 11.7. The van der Waals surface area contributed by atoms with Crippen molar-refractivity contribution in [1.29, 1.82) is 0 Å². The zero-order valence-electron chi connectivity index (χ0n) is 35.1. The van der Waals surface area contributed by atoms with Crippen molar-refractivity contribution < 1.29 is 36.1 Å². The van der Waals surface area contributed by atoms with Crippen molar-refractivity contribution in [2.45, 2.75) is 55.9 Å². The summed E-state index contributed by atoms with van der Waals surface area (Å²) in [6.07, 6.45) is 4.01. The van der Waals surface area contributed by atoms with E-state index in [1.54, 1.807) is 33.8 Å². The summed E-state index contributed by atoms with van der Waals surface area (Å²) in [5.74, 6) is -2.15. The summed E-state index contributed by atoms with van der Waals surface area (Å²) in [6, 6.07) is 24.8. The van der Waals surface area contributed by atoms with Crippen LogP contribution >= 0.6 is 0 Å². The van der Waals surface area contributed by atoms with Gasteiger partial charge >= 0.3 is 0 Å². The summed E-state index contributed by atoms with van der Waals surface area (Å²) in [5, 5.41) is 2.99. The lowest BCUT2D eigenvalue weighted by Gasteiger charge is -2.20. The predicted molar refractivity (Wildman–Crippen MR) is 231 cm³/mol. The molecule has 7 aromatic rings. The SMILES string of the molecule is CS(=O)(=O)c1nccc(-c2c(-c3ccc(F)cc3)c(=O)n3n2CC2(C3)OCCO2)n1.C[C@H](Nc1nccc(-c2c(-c3ccc(F)cc3)c(=O)n3n2CC2(C3)OCCO2)n1)c1ccccc1. The number of nitrogens with zero attached hydrogens (tertiary/aromatic N) is 8. The van der Waals surface area contributed by atoms with Gasteiger partial charge < -0.3 is 24.3 Å². The fourth-order valence-electron chi connectivity index (χ4n) is 8.70. The van der Waals surface area contributed by atoms with Crippen molar-refractivity contribution >= 4 is 15.8 Å². The summed E-state index contributed by atoms with van der Waals surface area (Å²) in [7, 11) is -3.66. The molecule has 4 aliphatic rings. The molecule has 0 saturated carbocycles. The Kier molecular flexibility index (Phi) is 10.6. The molecule has 20 heteroatoms. The summed E-state index contributed by atoms with van der Waals surface area (Å²) >= 11 is 0. The molecule has 4 aromatic heterocycles. The molecule has 3 aromatic carbocycles. The van der Waals surface area contributed by atoms with Crippen LogP contribution in [0.2, 0.25) is 0 Å². The Morgan fingerprint density at radius 1 is 0.615 bits per heavy atom. The normalized spacial score (nSPS) is 17.2. The number of rotatable bonds is 8. The molecule has 0 unspecified atom stereocenters. The van der Waals surface area contributed by atoms with Crippen molar-refractivity contribution in [2.24, 2.45) is 0 Å². The molecule has 17 nitrogen and oxygen atoms in total. The molecule has 0 aliphatic carbocycles. The molecule has 2 fully saturated rings. The van der Waals surface area contributed by atoms with Gasteiger partial charge in [-0.15, -0.1) is 0 Å². The molecule has 0 radical (unpaired) electrons. The van der Waals surface area contributed by atoms with E-state index in [4.69, 9.17) is 23.9 Å². The number of nitrogens with one attached hydrogen (secondary N) is 1. The van der Waals surface area contributed by atoms with Gasteiger partial charge in [0.15, 0.2) is 0 Å². The van der Waals surface area contributed by atoms with Gasteiger partial charge in [-0.05, 0) is 60.0 Å². The second kappa shape index (κ2) is 16.4. The average molecular weight is 906 g/mol. The van der Waals surface area contributed by atoms with Gasteiger partial charge in [-0.3, -0.25) is 19.0 Å². The van der Waals surface area contributed by atoms with E-state index in [1.165, 1.54) is 53.3 Å². The maximum atomic E-state index is 13.7. The fraction of sp³-hybridized carbons (Fsp3) is 0.289. The van der Waals surface area contributed by atoms with Crippen molar-refractivity contribution in [1.82, 2.24) is 38.7 Å². The topological polar surface area (TPSA) is 189 Å². The lowest BCUT2D eigenvalue weighted by atomic mass is 10.0. The lowest BCUT2D eigenvalue weighted by molar-refractivity contribution is -0.158. The summed E-state index contributed by atoms with van der Waals surface area (Å²) in [5.41, 5.74) is 4.29. The molecule has 2 saturated heterocycles. The maximum Gasteiger partial charge on any atom is 0.275 e. The summed E-state index contributed by atoms with van der Waals surface area (Å²) < 4.78 is 81.0. The molecule has 65 heavy (non-hydrogen) atoms. The zero-order chi connectivity index (χ0) is 45.1. The first-order chi connectivity index (χ1) is 31.3. The first-order valence-corrected chi connectivity index (χ1v) is 22.6. The van der Waals surface area contributed by atoms with Crippen LogP contribution in [-0.4, -0.2) is 91.3 Å². The van der Waals surface area contributed by atoms with Crippen LogP contribution in [0.15, 0.2) is 118 Å². The van der Waals surface area contributed by atoms with Crippen LogP contribution < -0.4 is 16.4 Å². The Hall–Kier alpha value is -6.71. The van der Waals surface area contributed by atoms with Crippen molar-refractivity contribution in [3.63, 3.8) is 0 Å². The molecule has 1 atom stereocenters. The second-order valence-corrected chi connectivity index (χ2v) is 18.0. The number of sulfone groups is 1.